The molecule has 0 aromatic carbocycles. The molecule has 2 heterocycles. The lowest BCUT2D eigenvalue weighted by atomic mass is 9.78. The van der Waals surface area contributed by atoms with Crippen LogP contribution in [0.3, 0.4) is 0 Å². The van der Waals surface area contributed by atoms with Crippen LogP contribution in [0.4, 0.5) is 0 Å². The second kappa shape index (κ2) is 3.21. The van der Waals surface area contributed by atoms with Crippen molar-refractivity contribution in [2.45, 2.75) is 26.8 Å². The molecule has 86 valence electrons. The van der Waals surface area contributed by atoms with E-state index >= 15 is 0 Å². The third-order valence-corrected chi connectivity index (χ3v) is 3.92. The summed E-state index contributed by atoms with van der Waals surface area (Å²) in [5.41, 5.74) is 0.189. The molecule has 2 rings (SSSR count). The van der Waals surface area contributed by atoms with Crippen molar-refractivity contribution in [1.82, 2.24) is 9.80 Å². The third kappa shape index (κ3) is 1.57. The predicted octanol–water partition coefficient (Wildman–Crippen LogP) is 1.05. The zero-order chi connectivity index (χ0) is 11.4. The number of amides is 1. The summed E-state index contributed by atoms with van der Waals surface area (Å²) in [5, 5.41) is 0. The van der Waals surface area contributed by atoms with E-state index < -0.39 is 0 Å². The van der Waals surface area contributed by atoms with Crippen molar-refractivity contribution in [1.29, 1.82) is 0 Å². The molecule has 15 heavy (non-hydrogen) atoms. The number of nitrogens with zero attached hydrogens (tertiary/aromatic N) is 2. The molecular formula is C12H22N2O. The van der Waals surface area contributed by atoms with Crippen LogP contribution in [0.25, 0.3) is 0 Å². The summed E-state index contributed by atoms with van der Waals surface area (Å²) in [6, 6.07) is 0.403. The molecule has 0 saturated carbocycles. The number of fused-ring (bicyclic) bond motifs is 1. The van der Waals surface area contributed by atoms with Crippen molar-refractivity contribution in [2.24, 2.45) is 17.3 Å². The summed E-state index contributed by atoms with van der Waals surface area (Å²) < 4.78 is 0. The summed E-state index contributed by atoms with van der Waals surface area (Å²) in [4.78, 5) is 16.4. The molecule has 0 spiro atoms. The smallest absolute Gasteiger partial charge is 0.227 e. The molecule has 0 bridgehead atoms. The fourth-order valence-electron chi connectivity index (χ4n) is 3.52. The van der Waals surface area contributed by atoms with Crippen molar-refractivity contribution in [2.75, 3.05) is 27.2 Å². The molecule has 2 aliphatic heterocycles. The van der Waals surface area contributed by atoms with Crippen LogP contribution in [-0.2, 0) is 4.79 Å². The summed E-state index contributed by atoms with van der Waals surface area (Å²) in [6.07, 6.45) is 0. The highest BCUT2D eigenvalue weighted by Gasteiger charge is 2.53. The third-order valence-electron chi connectivity index (χ3n) is 3.92. The Hall–Kier alpha value is -0.570. The molecule has 0 aromatic heterocycles. The van der Waals surface area contributed by atoms with Crippen molar-refractivity contribution >= 4 is 5.91 Å². The van der Waals surface area contributed by atoms with Gasteiger partial charge < -0.3 is 9.80 Å². The monoisotopic (exact) mass is 210 g/mol. The van der Waals surface area contributed by atoms with Gasteiger partial charge in [-0.3, -0.25) is 4.79 Å². The Morgan fingerprint density at radius 2 is 1.80 bits per heavy atom. The van der Waals surface area contributed by atoms with E-state index in [0.717, 1.165) is 13.1 Å². The van der Waals surface area contributed by atoms with Crippen LogP contribution in [0.15, 0.2) is 0 Å². The van der Waals surface area contributed by atoms with Crippen molar-refractivity contribution < 1.29 is 4.79 Å². The average molecular weight is 210 g/mol. The first kappa shape index (κ1) is 10.9. The first-order valence-corrected chi connectivity index (χ1v) is 5.77. The average Bonchev–Trinajstić information content (AvgIpc) is 2.51. The van der Waals surface area contributed by atoms with Gasteiger partial charge in [0.2, 0.25) is 5.91 Å². The highest BCUT2D eigenvalue weighted by atomic mass is 16.2. The van der Waals surface area contributed by atoms with Gasteiger partial charge in [0.05, 0.1) is 5.92 Å². The Balaban J connectivity index is 2.28. The molecule has 3 heteroatoms. The van der Waals surface area contributed by atoms with E-state index in [-0.39, 0.29) is 11.3 Å². The molecular weight excluding hydrogens is 188 g/mol. The van der Waals surface area contributed by atoms with Gasteiger partial charge in [-0.05, 0) is 12.5 Å². The van der Waals surface area contributed by atoms with Gasteiger partial charge in [-0.15, -0.1) is 0 Å². The van der Waals surface area contributed by atoms with E-state index in [1.807, 2.05) is 11.9 Å². The highest BCUT2D eigenvalue weighted by Crippen LogP contribution is 2.43. The number of rotatable bonds is 0. The zero-order valence-electron chi connectivity index (χ0n) is 10.4. The molecule has 0 radical (unpaired) electrons. The van der Waals surface area contributed by atoms with Gasteiger partial charge in [0.1, 0.15) is 0 Å². The SMILES string of the molecule is CN1CC2C(=O)N(C)C(C(C)(C)C)C2C1. The molecule has 2 fully saturated rings. The Bertz CT molecular complexity index is 282. The Labute approximate surface area is 92.4 Å². The number of carbonyl (C=O) groups excluding carboxylic acids is 1. The minimum absolute atomic E-state index is 0.189. The van der Waals surface area contributed by atoms with E-state index in [1.54, 1.807) is 0 Å². The number of carbonyl (C=O) groups is 1. The van der Waals surface area contributed by atoms with Crippen molar-refractivity contribution in [3.05, 3.63) is 0 Å². The molecule has 2 aliphatic rings. The van der Waals surface area contributed by atoms with Gasteiger partial charge in [-0.1, -0.05) is 20.8 Å². The van der Waals surface area contributed by atoms with Gasteiger partial charge >= 0.3 is 0 Å². The first-order chi connectivity index (χ1) is 6.82. The second-order valence-corrected chi connectivity index (χ2v) is 6.25. The highest BCUT2D eigenvalue weighted by molar-refractivity contribution is 5.82. The molecule has 1 amide bonds. The maximum atomic E-state index is 12.1. The summed E-state index contributed by atoms with van der Waals surface area (Å²) in [7, 11) is 4.09. The number of hydrogen-bond acceptors (Lipinski definition) is 2. The van der Waals surface area contributed by atoms with E-state index in [1.165, 1.54) is 0 Å². The lowest BCUT2D eigenvalue weighted by molar-refractivity contribution is -0.131. The van der Waals surface area contributed by atoms with Crippen LogP contribution in [0.1, 0.15) is 20.8 Å². The molecule has 3 unspecified atom stereocenters. The Morgan fingerprint density at radius 3 is 2.33 bits per heavy atom. The fraction of sp³-hybridized carbons (Fsp3) is 0.917. The molecule has 0 aliphatic carbocycles. The van der Waals surface area contributed by atoms with Crippen LogP contribution in [0.2, 0.25) is 0 Å². The first-order valence-electron chi connectivity index (χ1n) is 5.77. The van der Waals surface area contributed by atoms with E-state index in [4.69, 9.17) is 0 Å². The van der Waals surface area contributed by atoms with Crippen LogP contribution >= 0.6 is 0 Å². The van der Waals surface area contributed by atoms with Gasteiger partial charge in [-0.25, -0.2) is 0 Å². The van der Waals surface area contributed by atoms with Gasteiger partial charge in [-0.2, -0.15) is 0 Å². The topological polar surface area (TPSA) is 23.6 Å². The molecule has 0 aromatic rings. The maximum Gasteiger partial charge on any atom is 0.227 e. The zero-order valence-corrected chi connectivity index (χ0v) is 10.4. The minimum atomic E-state index is 0.189. The van der Waals surface area contributed by atoms with Crippen LogP contribution in [0.5, 0.6) is 0 Å². The minimum Gasteiger partial charge on any atom is -0.342 e. The lowest BCUT2D eigenvalue weighted by Crippen LogP contribution is -2.43. The van der Waals surface area contributed by atoms with E-state index in [0.29, 0.717) is 17.9 Å². The van der Waals surface area contributed by atoms with Gasteiger partial charge in [0, 0.05) is 32.1 Å². The summed E-state index contributed by atoms with van der Waals surface area (Å²) in [5.74, 6) is 1.14. The molecule has 3 atom stereocenters. The molecule has 0 N–H and O–H groups in total. The van der Waals surface area contributed by atoms with Gasteiger partial charge in [0.25, 0.3) is 0 Å². The standard InChI is InChI=1S/C12H22N2O/c1-12(2,3)10-8-6-13(4)7-9(8)11(15)14(10)5/h8-10H,6-7H2,1-5H3. The number of likely N-dealkylation sites (tertiary alicyclic amines) is 2. The molecule has 3 nitrogen and oxygen atoms in total. The summed E-state index contributed by atoms with van der Waals surface area (Å²) >= 11 is 0. The van der Waals surface area contributed by atoms with Crippen molar-refractivity contribution in [3.63, 3.8) is 0 Å². The summed E-state index contributed by atoms with van der Waals surface area (Å²) in [6.45, 7) is 8.73. The maximum absolute atomic E-state index is 12.1. The predicted molar refractivity (Wildman–Crippen MR) is 60.5 cm³/mol. The Kier molecular flexibility index (Phi) is 2.34. The van der Waals surface area contributed by atoms with E-state index in [2.05, 4.69) is 32.7 Å². The largest absolute Gasteiger partial charge is 0.342 e. The Morgan fingerprint density at radius 1 is 1.20 bits per heavy atom. The second-order valence-electron chi connectivity index (χ2n) is 6.25. The van der Waals surface area contributed by atoms with Crippen LogP contribution in [-0.4, -0.2) is 48.9 Å². The van der Waals surface area contributed by atoms with Crippen LogP contribution < -0.4 is 0 Å². The lowest BCUT2D eigenvalue weighted by Gasteiger charge is -2.36. The van der Waals surface area contributed by atoms with Crippen molar-refractivity contribution in [3.8, 4) is 0 Å². The molecule has 2 saturated heterocycles. The van der Waals surface area contributed by atoms with E-state index in [9.17, 15) is 4.79 Å². The quantitative estimate of drug-likeness (QED) is 0.596. The van der Waals surface area contributed by atoms with Gasteiger partial charge in [0.15, 0.2) is 0 Å². The number of hydrogen-bond donors (Lipinski definition) is 0. The fourth-order valence-corrected chi connectivity index (χ4v) is 3.52. The van der Waals surface area contributed by atoms with Crippen LogP contribution in [0, 0.1) is 17.3 Å². The normalized spacial score (nSPS) is 37.5.